The molecule has 1 saturated carbocycles. The molecule has 0 spiro atoms. The summed E-state index contributed by atoms with van der Waals surface area (Å²) in [6.45, 7) is 3.86. The Balaban J connectivity index is 2.27. The van der Waals surface area contributed by atoms with Crippen LogP contribution in [0.5, 0.6) is 0 Å². The summed E-state index contributed by atoms with van der Waals surface area (Å²) in [5.41, 5.74) is -0.366. The Morgan fingerprint density at radius 2 is 1.84 bits per heavy atom. The summed E-state index contributed by atoms with van der Waals surface area (Å²) in [5, 5.41) is 0. The second-order valence-corrected chi connectivity index (χ2v) is 4.99. The highest BCUT2D eigenvalue weighted by molar-refractivity contribution is 6.03. The molecule has 0 aromatic rings. The quantitative estimate of drug-likeness (QED) is 0.568. The smallest absolute Gasteiger partial charge is 0.323 e. The van der Waals surface area contributed by atoms with Gasteiger partial charge in [0.15, 0.2) is 11.2 Å². The zero-order valence-corrected chi connectivity index (χ0v) is 11.2. The van der Waals surface area contributed by atoms with Crippen LogP contribution in [0.4, 0.5) is 0 Å². The van der Waals surface area contributed by atoms with Crippen LogP contribution >= 0.6 is 0 Å². The number of fused-ring (bicyclic) bond motifs is 1. The van der Waals surface area contributed by atoms with Crippen LogP contribution in [0.15, 0.2) is 11.6 Å². The van der Waals surface area contributed by atoms with Crippen LogP contribution in [0, 0.1) is 11.3 Å². The number of carbonyl (C=O) groups excluding carboxylic acids is 3. The van der Waals surface area contributed by atoms with Crippen LogP contribution in [-0.4, -0.2) is 30.9 Å². The first kappa shape index (κ1) is 13.8. The number of hydrogen-bond acceptors (Lipinski definition) is 5. The molecule has 2 aliphatic carbocycles. The van der Waals surface area contributed by atoms with E-state index in [4.69, 9.17) is 9.47 Å². The highest BCUT2D eigenvalue weighted by Gasteiger charge is 2.57. The van der Waals surface area contributed by atoms with Gasteiger partial charge in [-0.1, -0.05) is 5.57 Å². The van der Waals surface area contributed by atoms with Gasteiger partial charge < -0.3 is 9.47 Å². The minimum absolute atomic E-state index is 0.0127. The highest BCUT2D eigenvalue weighted by Crippen LogP contribution is 2.50. The lowest BCUT2D eigenvalue weighted by atomic mass is 9.84. The zero-order chi connectivity index (χ0) is 14.0. The molecule has 2 rings (SSSR count). The average molecular weight is 266 g/mol. The minimum atomic E-state index is -1.25. The lowest BCUT2D eigenvalue weighted by Crippen LogP contribution is -2.40. The van der Waals surface area contributed by atoms with Gasteiger partial charge in [-0.15, -0.1) is 0 Å². The Kier molecular flexibility index (Phi) is 3.73. The molecule has 0 aromatic carbocycles. The molecule has 0 N–H and O–H groups in total. The first-order chi connectivity index (χ1) is 9.03. The molecule has 19 heavy (non-hydrogen) atoms. The Labute approximate surface area is 111 Å². The first-order valence-corrected chi connectivity index (χ1v) is 6.61. The third kappa shape index (κ3) is 2.29. The Morgan fingerprint density at radius 3 is 2.32 bits per heavy atom. The first-order valence-electron chi connectivity index (χ1n) is 6.61. The summed E-state index contributed by atoms with van der Waals surface area (Å²) in [6, 6.07) is 0. The van der Waals surface area contributed by atoms with Crippen LogP contribution in [-0.2, 0) is 23.9 Å². The molecule has 1 fully saturated rings. The molecule has 0 radical (unpaired) electrons. The van der Waals surface area contributed by atoms with Gasteiger partial charge in [-0.05, 0) is 38.7 Å². The second kappa shape index (κ2) is 5.15. The maximum absolute atomic E-state index is 12.2. The number of ketones is 1. The van der Waals surface area contributed by atoms with E-state index in [1.165, 1.54) is 0 Å². The SMILES string of the molecule is CCOC(=O)C1(C(=O)OCC)CC2=CC(=O)C[C@@H]2C1. The third-order valence-electron chi connectivity index (χ3n) is 3.75. The Morgan fingerprint density at radius 1 is 1.26 bits per heavy atom. The second-order valence-electron chi connectivity index (χ2n) is 4.99. The van der Waals surface area contributed by atoms with E-state index < -0.39 is 17.4 Å². The molecule has 0 heterocycles. The van der Waals surface area contributed by atoms with Crippen LogP contribution in [0.2, 0.25) is 0 Å². The molecule has 5 heteroatoms. The van der Waals surface area contributed by atoms with Crippen molar-refractivity contribution in [1.29, 1.82) is 0 Å². The summed E-state index contributed by atoms with van der Waals surface area (Å²) in [7, 11) is 0. The van der Waals surface area contributed by atoms with Gasteiger partial charge in [0.05, 0.1) is 13.2 Å². The standard InChI is InChI=1S/C14H18O5/c1-3-18-12(16)14(13(17)19-4-2)7-9-5-11(15)6-10(9)8-14/h5,10H,3-4,6-8H2,1-2H3/t10-/m1/s1. The molecule has 1 atom stereocenters. The number of carbonyl (C=O) groups is 3. The van der Waals surface area contributed by atoms with Crippen molar-refractivity contribution in [2.24, 2.45) is 11.3 Å². The van der Waals surface area contributed by atoms with Gasteiger partial charge in [-0.25, -0.2) is 0 Å². The predicted molar refractivity (Wildman–Crippen MR) is 66.1 cm³/mol. The highest BCUT2D eigenvalue weighted by atomic mass is 16.6. The van der Waals surface area contributed by atoms with E-state index in [0.29, 0.717) is 12.8 Å². The summed E-state index contributed by atoms with van der Waals surface area (Å²) >= 11 is 0. The van der Waals surface area contributed by atoms with Gasteiger partial charge >= 0.3 is 11.9 Å². The fraction of sp³-hybridized carbons (Fsp3) is 0.643. The molecule has 5 nitrogen and oxygen atoms in total. The van der Waals surface area contributed by atoms with Crippen molar-refractivity contribution in [3.8, 4) is 0 Å². The Hall–Kier alpha value is -1.65. The van der Waals surface area contributed by atoms with Gasteiger partial charge in [-0.3, -0.25) is 14.4 Å². The van der Waals surface area contributed by atoms with Crippen molar-refractivity contribution in [3.05, 3.63) is 11.6 Å². The lowest BCUT2D eigenvalue weighted by molar-refractivity contribution is -0.171. The van der Waals surface area contributed by atoms with Crippen molar-refractivity contribution in [2.75, 3.05) is 13.2 Å². The van der Waals surface area contributed by atoms with E-state index >= 15 is 0 Å². The summed E-state index contributed by atoms with van der Waals surface area (Å²) < 4.78 is 10.1. The molecular weight excluding hydrogens is 248 g/mol. The van der Waals surface area contributed by atoms with Crippen molar-refractivity contribution in [3.63, 3.8) is 0 Å². The Bertz CT molecular complexity index is 431. The molecule has 0 saturated heterocycles. The van der Waals surface area contributed by atoms with Crippen molar-refractivity contribution in [2.45, 2.75) is 33.1 Å². The van der Waals surface area contributed by atoms with Crippen molar-refractivity contribution >= 4 is 17.7 Å². The van der Waals surface area contributed by atoms with E-state index in [-0.39, 0.29) is 31.3 Å². The molecule has 0 aliphatic heterocycles. The summed E-state index contributed by atoms with van der Waals surface area (Å²) in [5.74, 6) is -1.00. The number of esters is 2. The largest absolute Gasteiger partial charge is 0.465 e. The van der Waals surface area contributed by atoms with Gasteiger partial charge in [0.1, 0.15) is 0 Å². The fourth-order valence-corrected chi connectivity index (χ4v) is 2.93. The summed E-state index contributed by atoms with van der Waals surface area (Å²) in [4.78, 5) is 35.7. The fourth-order valence-electron chi connectivity index (χ4n) is 2.93. The molecule has 0 bridgehead atoms. The van der Waals surface area contributed by atoms with Crippen LogP contribution < -0.4 is 0 Å². The summed E-state index contributed by atoms with van der Waals surface area (Å²) in [6.07, 6.45) is 2.52. The zero-order valence-electron chi connectivity index (χ0n) is 11.2. The van der Waals surface area contributed by atoms with Gasteiger partial charge in [0.25, 0.3) is 0 Å². The molecule has 0 aromatic heterocycles. The normalized spacial score (nSPS) is 23.8. The number of ether oxygens (including phenoxy) is 2. The molecule has 0 amide bonds. The van der Waals surface area contributed by atoms with Gasteiger partial charge in [0.2, 0.25) is 0 Å². The third-order valence-corrected chi connectivity index (χ3v) is 3.75. The lowest BCUT2D eigenvalue weighted by Gasteiger charge is -2.24. The topological polar surface area (TPSA) is 69.7 Å². The van der Waals surface area contributed by atoms with Crippen molar-refractivity contribution in [1.82, 2.24) is 0 Å². The average Bonchev–Trinajstić information content (AvgIpc) is 2.84. The number of rotatable bonds is 4. The monoisotopic (exact) mass is 266 g/mol. The molecule has 0 unspecified atom stereocenters. The number of allylic oxidation sites excluding steroid dienone is 2. The van der Waals surface area contributed by atoms with Gasteiger partial charge in [-0.2, -0.15) is 0 Å². The van der Waals surface area contributed by atoms with Gasteiger partial charge in [0, 0.05) is 6.42 Å². The van der Waals surface area contributed by atoms with Crippen LogP contribution in [0.25, 0.3) is 0 Å². The minimum Gasteiger partial charge on any atom is -0.465 e. The van der Waals surface area contributed by atoms with Crippen LogP contribution in [0.3, 0.4) is 0 Å². The maximum atomic E-state index is 12.2. The maximum Gasteiger partial charge on any atom is 0.323 e. The van der Waals surface area contributed by atoms with Crippen molar-refractivity contribution < 1.29 is 23.9 Å². The molecule has 2 aliphatic rings. The van der Waals surface area contributed by atoms with Crippen LogP contribution in [0.1, 0.15) is 33.1 Å². The molecule has 104 valence electrons. The van der Waals surface area contributed by atoms with E-state index in [9.17, 15) is 14.4 Å². The van der Waals surface area contributed by atoms with E-state index in [1.807, 2.05) is 0 Å². The number of hydrogen-bond donors (Lipinski definition) is 0. The van der Waals surface area contributed by atoms with E-state index in [1.54, 1.807) is 19.9 Å². The predicted octanol–water partition coefficient (Wildman–Crippen LogP) is 1.41. The molecular formula is C14H18O5. The van der Waals surface area contributed by atoms with E-state index in [0.717, 1.165) is 5.57 Å². The van der Waals surface area contributed by atoms with E-state index in [2.05, 4.69) is 0 Å².